The number of hydrogen-bond donors (Lipinski definition) is 1. The lowest BCUT2D eigenvalue weighted by molar-refractivity contribution is 0.0938. The zero-order chi connectivity index (χ0) is 15.6. The second-order valence-electron chi connectivity index (χ2n) is 6.92. The predicted octanol–water partition coefficient (Wildman–Crippen LogP) is 3.59. The molecule has 0 bridgehead atoms. The lowest BCUT2D eigenvalue weighted by atomic mass is 10.0. The highest BCUT2D eigenvalue weighted by molar-refractivity contribution is 6.07. The van der Waals surface area contributed by atoms with Crippen molar-refractivity contribution in [3.8, 4) is 0 Å². The summed E-state index contributed by atoms with van der Waals surface area (Å²) in [5.41, 5.74) is 0.794. The Morgan fingerprint density at radius 3 is 2.65 bits per heavy atom. The highest BCUT2D eigenvalue weighted by atomic mass is 16.1. The summed E-state index contributed by atoms with van der Waals surface area (Å²) in [7, 11) is 0. The fraction of sp³-hybridized carbons (Fsp3) is 0.450. The number of nitrogens with one attached hydrogen (secondary N) is 1. The van der Waals surface area contributed by atoms with E-state index in [-0.39, 0.29) is 5.91 Å². The van der Waals surface area contributed by atoms with Crippen molar-refractivity contribution in [2.75, 3.05) is 13.1 Å². The van der Waals surface area contributed by atoms with Gasteiger partial charge < -0.3 is 5.32 Å². The molecule has 3 nitrogen and oxygen atoms in total. The molecule has 23 heavy (non-hydrogen) atoms. The van der Waals surface area contributed by atoms with Gasteiger partial charge in [-0.25, -0.2) is 0 Å². The van der Waals surface area contributed by atoms with E-state index >= 15 is 0 Å². The molecule has 0 spiro atoms. The Kier molecular flexibility index (Phi) is 4.04. The second kappa shape index (κ2) is 6.32. The summed E-state index contributed by atoms with van der Waals surface area (Å²) < 4.78 is 0. The van der Waals surface area contributed by atoms with Gasteiger partial charge in [0.2, 0.25) is 0 Å². The van der Waals surface area contributed by atoms with Crippen molar-refractivity contribution < 1.29 is 4.79 Å². The molecule has 1 heterocycles. The minimum atomic E-state index is 0.0695. The number of nitrogens with zero attached hydrogens (tertiary/aromatic N) is 1. The zero-order valence-electron chi connectivity index (χ0n) is 13.5. The van der Waals surface area contributed by atoms with E-state index < -0.39 is 0 Å². The van der Waals surface area contributed by atoms with E-state index in [1.807, 2.05) is 30.3 Å². The average molecular weight is 308 g/mol. The van der Waals surface area contributed by atoms with Crippen LogP contribution in [-0.4, -0.2) is 36.0 Å². The number of benzene rings is 2. The van der Waals surface area contributed by atoms with Gasteiger partial charge in [-0.05, 0) is 36.1 Å². The quantitative estimate of drug-likeness (QED) is 0.940. The van der Waals surface area contributed by atoms with Crippen LogP contribution >= 0.6 is 0 Å². The van der Waals surface area contributed by atoms with Crippen LogP contribution in [0.1, 0.15) is 42.5 Å². The Morgan fingerprint density at radius 2 is 1.78 bits per heavy atom. The second-order valence-corrected chi connectivity index (χ2v) is 6.92. The van der Waals surface area contributed by atoms with E-state index in [1.54, 1.807) is 0 Å². The fourth-order valence-corrected chi connectivity index (χ4v) is 4.19. The van der Waals surface area contributed by atoms with Crippen LogP contribution in [0.2, 0.25) is 0 Å². The van der Waals surface area contributed by atoms with Gasteiger partial charge in [-0.15, -0.1) is 0 Å². The van der Waals surface area contributed by atoms with Gasteiger partial charge in [-0.2, -0.15) is 0 Å². The van der Waals surface area contributed by atoms with Gasteiger partial charge in [0, 0.05) is 30.7 Å². The number of hydrogen-bond acceptors (Lipinski definition) is 2. The van der Waals surface area contributed by atoms with Crippen molar-refractivity contribution in [1.82, 2.24) is 10.2 Å². The molecule has 1 unspecified atom stereocenters. The summed E-state index contributed by atoms with van der Waals surface area (Å²) in [6, 6.07) is 15.1. The molecule has 2 aromatic carbocycles. The van der Waals surface area contributed by atoms with Crippen molar-refractivity contribution in [1.29, 1.82) is 0 Å². The van der Waals surface area contributed by atoms with Crippen LogP contribution in [0.3, 0.4) is 0 Å². The van der Waals surface area contributed by atoms with Crippen LogP contribution < -0.4 is 5.32 Å². The number of fused-ring (bicyclic) bond motifs is 1. The summed E-state index contributed by atoms with van der Waals surface area (Å²) in [6.07, 6.45) is 6.49. The molecule has 1 aliphatic heterocycles. The molecule has 120 valence electrons. The Morgan fingerprint density at radius 1 is 1.00 bits per heavy atom. The number of amides is 1. The van der Waals surface area contributed by atoms with Gasteiger partial charge in [0.25, 0.3) is 5.91 Å². The summed E-state index contributed by atoms with van der Waals surface area (Å²) in [6.45, 7) is 2.15. The maximum absolute atomic E-state index is 12.7. The normalized spacial score (nSPS) is 22.7. The van der Waals surface area contributed by atoms with E-state index in [0.717, 1.165) is 41.9 Å². The smallest absolute Gasteiger partial charge is 0.252 e. The Bertz CT molecular complexity index is 700. The van der Waals surface area contributed by atoms with Crippen LogP contribution in [0.5, 0.6) is 0 Å². The molecule has 2 aliphatic rings. The number of likely N-dealkylation sites (tertiary alicyclic amines) is 1. The predicted molar refractivity (Wildman–Crippen MR) is 93.6 cm³/mol. The molecule has 0 aromatic heterocycles. The monoisotopic (exact) mass is 308 g/mol. The highest BCUT2D eigenvalue weighted by Gasteiger charge is 2.30. The van der Waals surface area contributed by atoms with Crippen LogP contribution in [0.4, 0.5) is 0 Å². The van der Waals surface area contributed by atoms with Gasteiger partial charge in [0.1, 0.15) is 0 Å². The van der Waals surface area contributed by atoms with E-state index in [2.05, 4.69) is 22.3 Å². The van der Waals surface area contributed by atoms with E-state index in [4.69, 9.17) is 0 Å². The average Bonchev–Trinajstić information content (AvgIpc) is 3.25. The van der Waals surface area contributed by atoms with Crippen molar-refractivity contribution in [2.45, 2.75) is 44.2 Å². The van der Waals surface area contributed by atoms with Gasteiger partial charge >= 0.3 is 0 Å². The first-order chi connectivity index (χ1) is 11.3. The van der Waals surface area contributed by atoms with Crippen molar-refractivity contribution in [2.24, 2.45) is 0 Å². The maximum atomic E-state index is 12.7. The summed E-state index contributed by atoms with van der Waals surface area (Å²) in [5.74, 6) is 0.0695. The lowest BCUT2D eigenvalue weighted by Crippen LogP contribution is -2.39. The molecule has 1 saturated carbocycles. The van der Waals surface area contributed by atoms with Gasteiger partial charge in [-0.3, -0.25) is 9.69 Å². The van der Waals surface area contributed by atoms with E-state index in [9.17, 15) is 4.79 Å². The van der Waals surface area contributed by atoms with Crippen molar-refractivity contribution >= 4 is 16.7 Å². The van der Waals surface area contributed by atoms with Crippen molar-refractivity contribution in [3.05, 3.63) is 48.0 Å². The maximum Gasteiger partial charge on any atom is 0.252 e. The van der Waals surface area contributed by atoms with E-state index in [1.165, 1.54) is 25.7 Å². The SMILES string of the molecule is O=C(NC1CCN(C2CCCC2)C1)c1cccc2ccccc12. The fourth-order valence-electron chi connectivity index (χ4n) is 4.19. The van der Waals surface area contributed by atoms with Crippen LogP contribution in [0.15, 0.2) is 42.5 Å². The molecule has 1 aliphatic carbocycles. The first-order valence-corrected chi connectivity index (χ1v) is 8.84. The molecular formula is C20H24N2O. The Labute approximate surface area is 137 Å². The molecule has 1 N–H and O–H groups in total. The topological polar surface area (TPSA) is 32.3 Å². The lowest BCUT2D eigenvalue weighted by Gasteiger charge is -2.23. The van der Waals surface area contributed by atoms with Gasteiger partial charge in [-0.1, -0.05) is 49.2 Å². The van der Waals surface area contributed by atoms with Crippen LogP contribution in [0.25, 0.3) is 10.8 Å². The van der Waals surface area contributed by atoms with Gasteiger partial charge in [0.15, 0.2) is 0 Å². The highest BCUT2D eigenvalue weighted by Crippen LogP contribution is 2.27. The third kappa shape index (κ3) is 2.98. The minimum absolute atomic E-state index is 0.0695. The first-order valence-electron chi connectivity index (χ1n) is 8.84. The third-order valence-corrected chi connectivity index (χ3v) is 5.43. The van der Waals surface area contributed by atoms with E-state index in [0.29, 0.717) is 6.04 Å². The number of carbonyl (C=O) groups is 1. The Balaban J connectivity index is 1.45. The molecule has 3 heteroatoms. The van der Waals surface area contributed by atoms with Crippen LogP contribution in [0, 0.1) is 0 Å². The summed E-state index contributed by atoms with van der Waals surface area (Å²) >= 11 is 0. The van der Waals surface area contributed by atoms with Gasteiger partial charge in [0.05, 0.1) is 0 Å². The molecule has 2 fully saturated rings. The zero-order valence-corrected chi connectivity index (χ0v) is 13.5. The van der Waals surface area contributed by atoms with Crippen LogP contribution in [-0.2, 0) is 0 Å². The summed E-state index contributed by atoms with van der Waals surface area (Å²) in [4.78, 5) is 15.3. The standard InChI is InChI=1S/C20H24N2O/c23-20(19-11-5-7-15-6-1-4-10-18(15)19)21-16-12-13-22(14-16)17-8-2-3-9-17/h1,4-7,10-11,16-17H,2-3,8-9,12-14H2,(H,21,23). The number of rotatable bonds is 3. The molecule has 1 saturated heterocycles. The van der Waals surface area contributed by atoms with Crippen molar-refractivity contribution in [3.63, 3.8) is 0 Å². The first kappa shape index (κ1) is 14.7. The minimum Gasteiger partial charge on any atom is -0.348 e. The molecule has 4 rings (SSSR count). The summed E-state index contributed by atoms with van der Waals surface area (Å²) in [5, 5.41) is 5.42. The molecule has 2 aromatic rings. The third-order valence-electron chi connectivity index (χ3n) is 5.43. The largest absolute Gasteiger partial charge is 0.348 e. The molecular weight excluding hydrogens is 284 g/mol. The molecule has 1 amide bonds. The number of carbonyl (C=O) groups excluding carboxylic acids is 1. The Hall–Kier alpha value is -1.87. The molecule has 1 atom stereocenters. The molecule has 0 radical (unpaired) electrons.